The lowest BCUT2D eigenvalue weighted by atomic mass is 9.91. The monoisotopic (exact) mass is 282 g/mol. The van der Waals surface area contributed by atoms with Crippen LogP contribution in [-0.4, -0.2) is 24.0 Å². The number of hydrogen-bond donors (Lipinski definition) is 1. The van der Waals surface area contributed by atoms with Gasteiger partial charge < -0.3 is 5.73 Å². The van der Waals surface area contributed by atoms with E-state index < -0.39 is 0 Å². The van der Waals surface area contributed by atoms with Crippen LogP contribution >= 0.6 is 15.9 Å². The predicted octanol–water partition coefficient (Wildman–Crippen LogP) is 2.93. The molecule has 88 valence electrons. The maximum absolute atomic E-state index is 6.28. The zero-order valence-electron chi connectivity index (χ0n) is 9.70. The zero-order valence-corrected chi connectivity index (χ0v) is 11.3. The molecule has 1 fully saturated rings. The van der Waals surface area contributed by atoms with Crippen LogP contribution in [0.15, 0.2) is 28.7 Å². The molecular formula is C13H19BrN2. The minimum Gasteiger partial charge on any atom is -0.326 e. The van der Waals surface area contributed by atoms with E-state index in [0.29, 0.717) is 6.04 Å². The second-order valence-electron chi connectivity index (χ2n) is 4.40. The largest absolute Gasteiger partial charge is 0.326 e. The Morgan fingerprint density at radius 3 is 2.88 bits per heavy atom. The van der Waals surface area contributed by atoms with Crippen molar-refractivity contribution in [3.63, 3.8) is 0 Å². The topological polar surface area (TPSA) is 29.3 Å². The normalized spacial score (nSPS) is 26.9. The molecule has 0 spiro atoms. The van der Waals surface area contributed by atoms with Gasteiger partial charge in [-0.3, -0.25) is 4.90 Å². The Labute approximate surface area is 106 Å². The number of hydrogen-bond acceptors (Lipinski definition) is 2. The van der Waals surface area contributed by atoms with E-state index >= 15 is 0 Å². The van der Waals surface area contributed by atoms with Crippen molar-refractivity contribution in [2.75, 3.05) is 13.1 Å². The summed E-state index contributed by atoms with van der Waals surface area (Å²) in [5.41, 5.74) is 7.61. The summed E-state index contributed by atoms with van der Waals surface area (Å²) >= 11 is 3.63. The number of rotatable bonds is 2. The fourth-order valence-electron chi connectivity index (χ4n) is 2.59. The van der Waals surface area contributed by atoms with E-state index in [2.05, 4.69) is 52.0 Å². The molecule has 1 saturated heterocycles. The number of likely N-dealkylation sites (tertiary alicyclic amines) is 1. The minimum atomic E-state index is 0.257. The number of nitrogens with zero attached hydrogens (tertiary/aromatic N) is 1. The zero-order chi connectivity index (χ0) is 11.5. The van der Waals surface area contributed by atoms with Crippen LogP contribution in [0.5, 0.6) is 0 Å². The maximum Gasteiger partial charge on any atom is 0.0510 e. The molecule has 2 atom stereocenters. The third-order valence-corrected chi connectivity index (χ3v) is 4.13. The number of piperidine rings is 1. The van der Waals surface area contributed by atoms with Crippen molar-refractivity contribution >= 4 is 15.9 Å². The van der Waals surface area contributed by atoms with Gasteiger partial charge in [-0.2, -0.15) is 0 Å². The van der Waals surface area contributed by atoms with Crippen LogP contribution in [0.3, 0.4) is 0 Å². The standard InChI is InChI=1S/C13H19BrN2/c1-2-16-9-5-8-12(15)13(16)10-6-3-4-7-11(10)14/h3-4,6-7,12-13H,2,5,8-9,15H2,1H3. The smallest absolute Gasteiger partial charge is 0.0510 e. The van der Waals surface area contributed by atoms with Crippen LogP contribution in [0.4, 0.5) is 0 Å². The summed E-state index contributed by atoms with van der Waals surface area (Å²) in [6, 6.07) is 9.06. The van der Waals surface area contributed by atoms with Gasteiger partial charge >= 0.3 is 0 Å². The van der Waals surface area contributed by atoms with Crippen molar-refractivity contribution in [1.82, 2.24) is 4.90 Å². The van der Waals surface area contributed by atoms with E-state index in [1.54, 1.807) is 0 Å². The second kappa shape index (κ2) is 5.30. The lowest BCUT2D eigenvalue weighted by molar-refractivity contribution is 0.135. The molecule has 1 aliphatic heterocycles. The first-order chi connectivity index (χ1) is 7.74. The summed E-state index contributed by atoms with van der Waals surface area (Å²) in [6.07, 6.45) is 2.35. The second-order valence-corrected chi connectivity index (χ2v) is 5.26. The van der Waals surface area contributed by atoms with Gasteiger partial charge in [0.2, 0.25) is 0 Å². The molecular weight excluding hydrogens is 264 g/mol. The highest BCUT2D eigenvalue weighted by atomic mass is 79.9. The van der Waals surface area contributed by atoms with E-state index in [1.165, 1.54) is 16.5 Å². The molecule has 0 aromatic heterocycles. The summed E-state index contributed by atoms with van der Waals surface area (Å²) in [5, 5.41) is 0. The third-order valence-electron chi connectivity index (χ3n) is 3.41. The molecule has 1 heterocycles. The summed E-state index contributed by atoms with van der Waals surface area (Å²) in [5.74, 6) is 0. The molecule has 3 heteroatoms. The Bertz CT molecular complexity index is 354. The Morgan fingerprint density at radius 1 is 1.44 bits per heavy atom. The number of halogens is 1. The fourth-order valence-corrected chi connectivity index (χ4v) is 3.11. The summed E-state index contributed by atoms with van der Waals surface area (Å²) in [7, 11) is 0. The van der Waals surface area contributed by atoms with E-state index in [-0.39, 0.29) is 6.04 Å². The lowest BCUT2D eigenvalue weighted by Gasteiger charge is -2.40. The molecule has 0 saturated carbocycles. The van der Waals surface area contributed by atoms with Gasteiger partial charge in [0, 0.05) is 10.5 Å². The van der Waals surface area contributed by atoms with E-state index in [0.717, 1.165) is 19.5 Å². The van der Waals surface area contributed by atoms with Crippen LogP contribution < -0.4 is 5.73 Å². The van der Waals surface area contributed by atoms with Crippen LogP contribution in [0.1, 0.15) is 31.4 Å². The number of likely N-dealkylation sites (N-methyl/N-ethyl adjacent to an activating group) is 1. The van der Waals surface area contributed by atoms with Crippen molar-refractivity contribution in [3.8, 4) is 0 Å². The van der Waals surface area contributed by atoms with Crippen LogP contribution in [0.2, 0.25) is 0 Å². The molecule has 1 aromatic rings. The Morgan fingerprint density at radius 2 is 2.19 bits per heavy atom. The summed E-state index contributed by atoms with van der Waals surface area (Å²) in [6.45, 7) is 4.44. The minimum absolute atomic E-state index is 0.257. The van der Waals surface area contributed by atoms with Gasteiger partial charge in [-0.1, -0.05) is 41.1 Å². The molecule has 2 unspecified atom stereocenters. The average Bonchev–Trinajstić information content (AvgIpc) is 2.30. The van der Waals surface area contributed by atoms with Gasteiger partial charge in [-0.05, 0) is 37.6 Å². The van der Waals surface area contributed by atoms with Crippen LogP contribution in [0, 0.1) is 0 Å². The van der Waals surface area contributed by atoms with Gasteiger partial charge in [0.15, 0.2) is 0 Å². The maximum atomic E-state index is 6.28. The van der Waals surface area contributed by atoms with Gasteiger partial charge in [-0.15, -0.1) is 0 Å². The highest BCUT2D eigenvalue weighted by Crippen LogP contribution is 2.33. The van der Waals surface area contributed by atoms with E-state index in [4.69, 9.17) is 5.73 Å². The lowest BCUT2D eigenvalue weighted by Crippen LogP contribution is -2.45. The van der Waals surface area contributed by atoms with Crippen molar-refractivity contribution in [2.24, 2.45) is 5.73 Å². The number of benzene rings is 1. The predicted molar refractivity (Wildman–Crippen MR) is 71.3 cm³/mol. The van der Waals surface area contributed by atoms with Crippen LogP contribution in [0.25, 0.3) is 0 Å². The highest BCUT2D eigenvalue weighted by molar-refractivity contribution is 9.10. The fraction of sp³-hybridized carbons (Fsp3) is 0.538. The average molecular weight is 283 g/mol. The van der Waals surface area contributed by atoms with E-state index in [1.807, 2.05) is 0 Å². The first kappa shape index (κ1) is 12.1. The summed E-state index contributed by atoms with van der Waals surface area (Å²) in [4.78, 5) is 2.48. The van der Waals surface area contributed by atoms with Gasteiger partial charge in [-0.25, -0.2) is 0 Å². The molecule has 2 nitrogen and oxygen atoms in total. The van der Waals surface area contributed by atoms with Crippen LogP contribution in [-0.2, 0) is 0 Å². The highest BCUT2D eigenvalue weighted by Gasteiger charge is 2.30. The Balaban J connectivity index is 2.32. The van der Waals surface area contributed by atoms with Gasteiger partial charge in [0.25, 0.3) is 0 Å². The third kappa shape index (κ3) is 2.31. The van der Waals surface area contributed by atoms with E-state index in [9.17, 15) is 0 Å². The Hall–Kier alpha value is -0.380. The summed E-state index contributed by atoms with van der Waals surface area (Å²) < 4.78 is 1.18. The van der Waals surface area contributed by atoms with Crippen molar-refractivity contribution < 1.29 is 0 Å². The molecule has 0 aliphatic carbocycles. The molecule has 2 N–H and O–H groups in total. The molecule has 1 aliphatic rings. The first-order valence-corrected chi connectivity index (χ1v) is 6.77. The van der Waals surface area contributed by atoms with Gasteiger partial charge in [0.05, 0.1) is 6.04 Å². The molecule has 16 heavy (non-hydrogen) atoms. The van der Waals surface area contributed by atoms with Gasteiger partial charge in [0.1, 0.15) is 0 Å². The molecule has 0 bridgehead atoms. The molecule has 0 radical (unpaired) electrons. The molecule has 0 amide bonds. The molecule has 1 aromatic carbocycles. The van der Waals surface area contributed by atoms with Crippen molar-refractivity contribution in [2.45, 2.75) is 31.8 Å². The number of nitrogens with two attached hydrogens (primary N) is 1. The molecule has 2 rings (SSSR count). The van der Waals surface area contributed by atoms with Crippen molar-refractivity contribution in [1.29, 1.82) is 0 Å². The van der Waals surface area contributed by atoms with Crippen molar-refractivity contribution in [3.05, 3.63) is 34.3 Å². The Kier molecular flexibility index (Phi) is 4.00. The SMILES string of the molecule is CCN1CCCC(N)C1c1ccccc1Br. The quantitative estimate of drug-likeness (QED) is 0.904. The first-order valence-electron chi connectivity index (χ1n) is 5.98.